The fourth-order valence-electron chi connectivity index (χ4n) is 1.39. The summed E-state index contributed by atoms with van der Waals surface area (Å²) >= 11 is 5.68. The zero-order valence-electron chi connectivity index (χ0n) is 8.12. The van der Waals surface area contributed by atoms with E-state index in [1.807, 2.05) is 0 Å². The van der Waals surface area contributed by atoms with Crippen molar-refractivity contribution in [3.8, 4) is 11.3 Å². The lowest BCUT2D eigenvalue weighted by Crippen LogP contribution is -1.96. The van der Waals surface area contributed by atoms with E-state index in [9.17, 15) is 8.78 Å². The number of aromatic nitrogens is 2. The highest BCUT2D eigenvalue weighted by molar-refractivity contribution is 6.17. The average Bonchev–Trinajstić information content (AvgIpc) is 2.33. The third-order valence-corrected chi connectivity index (χ3v) is 2.43. The van der Waals surface area contributed by atoms with Crippen LogP contribution in [0.15, 0.2) is 30.7 Å². The Bertz CT molecular complexity index is 517. The van der Waals surface area contributed by atoms with Crippen molar-refractivity contribution in [2.45, 2.75) is 5.88 Å². The van der Waals surface area contributed by atoms with Gasteiger partial charge in [0, 0.05) is 17.3 Å². The van der Waals surface area contributed by atoms with Gasteiger partial charge in [-0.2, -0.15) is 0 Å². The van der Waals surface area contributed by atoms with Crippen LogP contribution in [-0.4, -0.2) is 9.97 Å². The molecule has 1 aromatic carbocycles. The van der Waals surface area contributed by atoms with Crippen LogP contribution in [0.4, 0.5) is 8.78 Å². The van der Waals surface area contributed by atoms with Crippen LogP contribution in [0.2, 0.25) is 0 Å². The first kappa shape index (κ1) is 11.0. The fourth-order valence-corrected chi connectivity index (χ4v) is 1.58. The predicted molar refractivity (Wildman–Crippen MR) is 56.9 cm³/mol. The Kier molecular flexibility index (Phi) is 3.10. The molecule has 0 atom stereocenters. The summed E-state index contributed by atoms with van der Waals surface area (Å²) in [5.41, 5.74) is 0.980. The van der Waals surface area contributed by atoms with Crippen LogP contribution in [0.1, 0.15) is 5.56 Å². The molecule has 1 heterocycles. The number of hydrogen-bond acceptors (Lipinski definition) is 2. The van der Waals surface area contributed by atoms with Gasteiger partial charge in [0.05, 0.1) is 11.6 Å². The molecule has 0 N–H and O–H groups in total. The monoisotopic (exact) mass is 240 g/mol. The Morgan fingerprint density at radius 2 is 2.06 bits per heavy atom. The molecule has 16 heavy (non-hydrogen) atoms. The number of nitrogens with zero attached hydrogens (tertiary/aromatic N) is 2. The highest BCUT2D eigenvalue weighted by Crippen LogP contribution is 2.25. The van der Waals surface area contributed by atoms with E-state index in [-0.39, 0.29) is 11.4 Å². The van der Waals surface area contributed by atoms with Gasteiger partial charge in [-0.15, -0.1) is 11.6 Å². The van der Waals surface area contributed by atoms with Gasteiger partial charge in [0.15, 0.2) is 11.6 Å². The Balaban J connectivity index is 2.63. The van der Waals surface area contributed by atoms with Gasteiger partial charge in [0.2, 0.25) is 0 Å². The number of hydrogen-bond donors (Lipinski definition) is 0. The van der Waals surface area contributed by atoms with E-state index in [0.717, 1.165) is 6.07 Å². The molecule has 0 bridgehead atoms. The lowest BCUT2D eigenvalue weighted by Gasteiger charge is -2.06. The first-order chi connectivity index (χ1) is 7.74. The Hall–Kier alpha value is -1.55. The van der Waals surface area contributed by atoms with Crippen molar-refractivity contribution in [2.75, 3.05) is 0 Å². The van der Waals surface area contributed by atoms with Crippen LogP contribution < -0.4 is 0 Å². The molecule has 0 spiro atoms. The van der Waals surface area contributed by atoms with Crippen molar-refractivity contribution in [3.63, 3.8) is 0 Å². The molecule has 0 fully saturated rings. The van der Waals surface area contributed by atoms with Gasteiger partial charge in [0.25, 0.3) is 0 Å². The molecular formula is C11H7ClF2N2. The van der Waals surface area contributed by atoms with Crippen molar-refractivity contribution in [1.29, 1.82) is 0 Å². The molecule has 0 saturated heterocycles. The van der Waals surface area contributed by atoms with Gasteiger partial charge in [-0.25, -0.2) is 18.7 Å². The van der Waals surface area contributed by atoms with Gasteiger partial charge >= 0.3 is 0 Å². The summed E-state index contributed by atoms with van der Waals surface area (Å²) in [5.74, 6) is -1.68. The number of benzene rings is 1. The molecule has 1 aromatic heterocycles. The third kappa shape index (κ3) is 1.88. The quantitative estimate of drug-likeness (QED) is 0.754. The predicted octanol–water partition coefficient (Wildman–Crippen LogP) is 3.16. The molecule has 5 heteroatoms. The molecule has 2 rings (SSSR count). The second-order valence-electron chi connectivity index (χ2n) is 3.13. The number of halogens is 3. The average molecular weight is 241 g/mol. The van der Waals surface area contributed by atoms with E-state index < -0.39 is 11.6 Å². The lowest BCUT2D eigenvalue weighted by molar-refractivity contribution is 0.511. The van der Waals surface area contributed by atoms with E-state index in [0.29, 0.717) is 11.3 Å². The molecule has 0 unspecified atom stereocenters. The van der Waals surface area contributed by atoms with E-state index in [4.69, 9.17) is 11.6 Å². The van der Waals surface area contributed by atoms with Crippen LogP contribution in [0, 0.1) is 11.6 Å². The molecule has 2 nitrogen and oxygen atoms in total. The highest BCUT2D eigenvalue weighted by Gasteiger charge is 2.13. The van der Waals surface area contributed by atoms with Crippen molar-refractivity contribution in [1.82, 2.24) is 9.97 Å². The summed E-state index contributed by atoms with van der Waals surface area (Å²) in [6, 6.07) is 3.94. The topological polar surface area (TPSA) is 25.8 Å². The maximum atomic E-state index is 13.5. The first-order valence-electron chi connectivity index (χ1n) is 4.53. The Morgan fingerprint density at radius 3 is 2.81 bits per heavy atom. The summed E-state index contributed by atoms with van der Waals surface area (Å²) in [6.45, 7) is 0. The summed E-state index contributed by atoms with van der Waals surface area (Å²) in [5, 5.41) is 0. The van der Waals surface area contributed by atoms with Gasteiger partial charge in [-0.3, -0.25) is 0 Å². The summed E-state index contributed by atoms with van der Waals surface area (Å²) in [6.07, 6.45) is 2.76. The van der Waals surface area contributed by atoms with Gasteiger partial charge in [0.1, 0.15) is 6.33 Å². The van der Waals surface area contributed by atoms with E-state index >= 15 is 0 Å². The van der Waals surface area contributed by atoms with Crippen molar-refractivity contribution in [3.05, 3.63) is 47.9 Å². The Labute approximate surface area is 95.9 Å². The van der Waals surface area contributed by atoms with Gasteiger partial charge < -0.3 is 0 Å². The molecule has 82 valence electrons. The van der Waals surface area contributed by atoms with Crippen molar-refractivity contribution < 1.29 is 8.78 Å². The van der Waals surface area contributed by atoms with Crippen LogP contribution in [0.25, 0.3) is 11.3 Å². The van der Waals surface area contributed by atoms with Crippen LogP contribution in [0.3, 0.4) is 0 Å². The number of rotatable bonds is 2. The van der Waals surface area contributed by atoms with Crippen LogP contribution >= 0.6 is 11.6 Å². The van der Waals surface area contributed by atoms with Gasteiger partial charge in [-0.05, 0) is 12.1 Å². The first-order valence-corrected chi connectivity index (χ1v) is 5.06. The van der Waals surface area contributed by atoms with E-state index in [2.05, 4.69) is 9.97 Å². The zero-order valence-corrected chi connectivity index (χ0v) is 8.88. The molecular weight excluding hydrogens is 234 g/mol. The Morgan fingerprint density at radius 1 is 1.25 bits per heavy atom. The second-order valence-corrected chi connectivity index (χ2v) is 3.40. The minimum atomic E-state index is -0.924. The lowest BCUT2D eigenvalue weighted by atomic mass is 10.1. The minimum absolute atomic E-state index is 0.0954. The molecule has 0 aliphatic rings. The summed E-state index contributed by atoms with van der Waals surface area (Å²) in [7, 11) is 0. The number of alkyl halides is 1. The van der Waals surface area contributed by atoms with Crippen molar-refractivity contribution in [2.24, 2.45) is 0 Å². The maximum Gasteiger partial charge on any atom is 0.168 e. The third-order valence-electron chi connectivity index (χ3n) is 2.14. The standard InChI is InChI=1S/C11H7ClF2N2/c12-4-7-5-15-6-16-11(7)8-2-1-3-9(13)10(8)14/h1-3,5-6H,4H2. The fraction of sp³-hybridized carbons (Fsp3) is 0.0909. The SMILES string of the molecule is Fc1cccc(-c2ncncc2CCl)c1F. The molecule has 0 amide bonds. The largest absolute Gasteiger partial charge is 0.244 e. The summed E-state index contributed by atoms with van der Waals surface area (Å²) in [4.78, 5) is 7.70. The molecule has 2 aromatic rings. The summed E-state index contributed by atoms with van der Waals surface area (Å²) < 4.78 is 26.6. The molecule has 0 radical (unpaired) electrons. The molecule has 0 saturated carbocycles. The molecule has 0 aliphatic heterocycles. The van der Waals surface area contributed by atoms with E-state index in [1.165, 1.54) is 24.7 Å². The van der Waals surface area contributed by atoms with Crippen LogP contribution in [-0.2, 0) is 5.88 Å². The normalized spacial score (nSPS) is 10.4. The molecule has 0 aliphatic carbocycles. The second kappa shape index (κ2) is 4.53. The van der Waals surface area contributed by atoms with Crippen molar-refractivity contribution >= 4 is 11.6 Å². The zero-order chi connectivity index (χ0) is 11.5. The highest BCUT2D eigenvalue weighted by atomic mass is 35.5. The van der Waals surface area contributed by atoms with Crippen LogP contribution in [0.5, 0.6) is 0 Å². The van der Waals surface area contributed by atoms with E-state index in [1.54, 1.807) is 0 Å². The van der Waals surface area contributed by atoms with Gasteiger partial charge in [-0.1, -0.05) is 6.07 Å². The smallest absolute Gasteiger partial charge is 0.168 e. The maximum absolute atomic E-state index is 13.5. The minimum Gasteiger partial charge on any atom is -0.244 e.